The van der Waals surface area contributed by atoms with Crippen LogP contribution in [0.4, 0.5) is 0 Å². The van der Waals surface area contributed by atoms with E-state index in [1.807, 2.05) is 22.5 Å². The fourth-order valence-corrected chi connectivity index (χ4v) is 5.61. The molecule has 2 heterocycles. The van der Waals surface area contributed by atoms with E-state index in [0.29, 0.717) is 17.4 Å². The minimum atomic E-state index is -3.37. The number of hydrogen-bond acceptors (Lipinski definition) is 3. The third-order valence-electron chi connectivity index (χ3n) is 5.03. The minimum absolute atomic E-state index is 0.176. The predicted molar refractivity (Wildman–Crippen MR) is 88.2 cm³/mol. The second kappa shape index (κ2) is 7.11. The zero-order valence-corrected chi connectivity index (χ0v) is 13.9. The number of benzene rings is 1. The average Bonchev–Trinajstić information content (AvgIpc) is 2.83. The Labute approximate surface area is 134 Å². The molecular formula is C17H26N2O2S. The van der Waals surface area contributed by atoms with Gasteiger partial charge in [-0.15, -0.1) is 0 Å². The van der Waals surface area contributed by atoms with Crippen LogP contribution in [0.2, 0.25) is 0 Å². The van der Waals surface area contributed by atoms with Crippen molar-refractivity contribution in [3.8, 4) is 0 Å². The summed E-state index contributed by atoms with van der Waals surface area (Å²) in [5.41, 5.74) is 0. The molecule has 2 saturated heterocycles. The maximum Gasteiger partial charge on any atom is 0.243 e. The van der Waals surface area contributed by atoms with Crippen LogP contribution in [0.15, 0.2) is 35.2 Å². The number of nitrogens with zero attached hydrogens (tertiary/aromatic N) is 1. The van der Waals surface area contributed by atoms with Crippen molar-refractivity contribution in [2.24, 2.45) is 5.92 Å². The predicted octanol–water partition coefficient (Wildman–Crippen LogP) is 2.62. The van der Waals surface area contributed by atoms with Crippen LogP contribution in [0.5, 0.6) is 0 Å². The van der Waals surface area contributed by atoms with E-state index in [1.165, 1.54) is 0 Å². The van der Waals surface area contributed by atoms with Crippen molar-refractivity contribution >= 4 is 10.0 Å². The second-order valence-electron chi connectivity index (χ2n) is 6.43. The average molecular weight is 322 g/mol. The number of piperidine rings is 1. The molecule has 0 bridgehead atoms. The van der Waals surface area contributed by atoms with Crippen LogP contribution in [-0.4, -0.2) is 38.4 Å². The largest absolute Gasteiger partial charge is 0.317 e. The Kier molecular flexibility index (Phi) is 5.16. The number of nitrogens with one attached hydrogen (secondary N) is 1. The van der Waals surface area contributed by atoms with E-state index in [0.717, 1.165) is 51.6 Å². The van der Waals surface area contributed by atoms with Gasteiger partial charge in [-0.3, -0.25) is 0 Å². The Morgan fingerprint density at radius 1 is 0.955 bits per heavy atom. The highest BCUT2D eigenvalue weighted by Gasteiger charge is 2.37. The van der Waals surface area contributed by atoms with E-state index in [1.54, 1.807) is 12.1 Å². The molecule has 0 amide bonds. The van der Waals surface area contributed by atoms with Gasteiger partial charge in [0.2, 0.25) is 10.0 Å². The molecule has 0 radical (unpaired) electrons. The fourth-order valence-electron chi connectivity index (χ4n) is 3.83. The molecule has 122 valence electrons. The third-order valence-corrected chi connectivity index (χ3v) is 6.96. The molecular weight excluding hydrogens is 296 g/mol. The fraction of sp³-hybridized carbons (Fsp3) is 0.647. The molecule has 1 aromatic rings. The molecule has 2 fully saturated rings. The van der Waals surface area contributed by atoms with Crippen molar-refractivity contribution in [1.29, 1.82) is 0 Å². The highest BCUT2D eigenvalue weighted by Crippen LogP contribution is 2.32. The molecule has 0 aliphatic carbocycles. The molecule has 22 heavy (non-hydrogen) atoms. The van der Waals surface area contributed by atoms with Crippen molar-refractivity contribution in [3.63, 3.8) is 0 Å². The third kappa shape index (κ3) is 3.36. The van der Waals surface area contributed by atoms with Crippen LogP contribution in [0.25, 0.3) is 0 Å². The summed E-state index contributed by atoms with van der Waals surface area (Å²) in [5.74, 6) is 0.498. The van der Waals surface area contributed by atoms with Crippen molar-refractivity contribution in [2.75, 3.05) is 19.6 Å². The van der Waals surface area contributed by atoms with Crippen LogP contribution in [0, 0.1) is 5.92 Å². The van der Waals surface area contributed by atoms with Gasteiger partial charge in [0.1, 0.15) is 0 Å². The number of sulfonamides is 1. The van der Waals surface area contributed by atoms with Gasteiger partial charge in [-0.05, 0) is 56.8 Å². The summed E-state index contributed by atoms with van der Waals surface area (Å²) in [6.45, 7) is 2.70. The van der Waals surface area contributed by atoms with E-state index in [4.69, 9.17) is 0 Å². The Bertz CT molecular complexity index is 568. The first-order valence-electron chi connectivity index (χ1n) is 8.47. The molecule has 0 unspecified atom stereocenters. The van der Waals surface area contributed by atoms with Gasteiger partial charge in [-0.1, -0.05) is 31.0 Å². The van der Waals surface area contributed by atoms with Crippen molar-refractivity contribution in [3.05, 3.63) is 30.3 Å². The molecule has 4 nitrogen and oxygen atoms in total. The smallest absolute Gasteiger partial charge is 0.243 e. The van der Waals surface area contributed by atoms with Gasteiger partial charge in [-0.2, -0.15) is 4.31 Å². The molecule has 0 spiro atoms. The first-order chi connectivity index (χ1) is 10.7. The normalized spacial score (nSPS) is 25.7. The number of rotatable bonds is 3. The first kappa shape index (κ1) is 16.0. The molecule has 5 heteroatoms. The van der Waals surface area contributed by atoms with Crippen LogP contribution >= 0.6 is 0 Å². The van der Waals surface area contributed by atoms with E-state index < -0.39 is 10.0 Å². The van der Waals surface area contributed by atoms with E-state index in [2.05, 4.69) is 5.32 Å². The second-order valence-corrected chi connectivity index (χ2v) is 8.32. The lowest BCUT2D eigenvalue weighted by Crippen LogP contribution is -2.47. The Morgan fingerprint density at radius 2 is 1.68 bits per heavy atom. The summed E-state index contributed by atoms with van der Waals surface area (Å²) in [6.07, 6.45) is 6.46. The molecule has 2 aliphatic heterocycles. The van der Waals surface area contributed by atoms with Gasteiger partial charge in [-0.25, -0.2) is 8.42 Å². The zero-order chi connectivity index (χ0) is 15.4. The SMILES string of the molecule is O=S(=O)(c1ccccc1)N1CCCCC[C@@H]1C1CCNCC1. The van der Waals surface area contributed by atoms with Crippen LogP contribution in [-0.2, 0) is 10.0 Å². The summed E-state index contributed by atoms with van der Waals surface area (Å²) < 4.78 is 28.0. The van der Waals surface area contributed by atoms with Crippen molar-refractivity contribution < 1.29 is 8.42 Å². The summed E-state index contributed by atoms with van der Waals surface area (Å²) in [4.78, 5) is 0.441. The van der Waals surface area contributed by atoms with E-state index in [-0.39, 0.29) is 6.04 Å². The Balaban J connectivity index is 1.89. The summed E-state index contributed by atoms with van der Waals surface area (Å²) in [5, 5.41) is 3.39. The molecule has 0 saturated carbocycles. The summed E-state index contributed by atoms with van der Waals surface area (Å²) in [7, 11) is -3.37. The monoisotopic (exact) mass is 322 g/mol. The maximum absolute atomic E-state index is 13.1. The first-order valence-corrected chi connectivity index (χ1v) is 9.91. The lowest BCUT2D eigenvalue weighted by molar-refractivity contribution is 0.198. The van der Waals surface area contributed by atoms with Gasteiger partial charge in [0.05, 0.1) is 4.90 Å². The molecule has 1 N–H and O–H groups in total. The van der Waals surface area contributed by atoms with E-state index in [9.17, 15) is 8.42 Å². The van der Waals surface area contributed by atoms with Crippen LogP contribution in [0.3, 0.4) is 0 Å². The van der Waals surface area contributed by atoms with Crippen LogP contribution in [0.1, 0.15) is 38.5 Å². The molecule has 1 aromatic carbocycles. The maximum atomic E-state index is 13.1. The summed E-state index contributed by atoms with van der Waals surface area (Å²) >= 11 is 0. The standard InChI is InChI=1S/C17H26N2O2S/c20-22(21,16-7-3-1-4-8-16)19-14-6-2-5-9-17(19)15-10-12-18-13-11-15/h1,3-4,7-8,15,17-18H,2,5-6,9-14H2/t17-/m1/s1. The molecule has 2 aliphatic rings. The van der Waals surface area contributed by atoms with Crippen LogP contribution < -0.4 is 5.32 Å². The molecule has 3 rings (SSSR count). The highest BCUT2D eigenvalue weighted by atomic mass is 32.2. The van der Waals surface area contributed by atoms with E-state index >= 15 is 0 Å². The van der Waals surface area contributed by atoms with Gasteiger partial charge in [0, 0.05) is 12.6 Å². The zero-order valence-electron chi connectivity index (χ0n) is 13.1. The summed E-state index contributed by atoms with van der Waals surface area (Å²) in [6, 6.07) is 9.11. The lowest BCUT2D eigenvalue weighted by Gasteiger charge is -2.37. The van der Waals surface area contributed by atoms with Crippen molar-refractivity contribution in [1.82, 2.24) is 9.62 Å². The van der Waals surface area contributed by atoms with Gasteiger partial charge in [0.25, 0.3) is 0 Å². The Morgan fingerprint density at radius 3 is 2.41 bits per heavy atom. The lowest BCUT2D eigenvalue weighted by atomic mass is 9.88. The van der Waals surface area contributed by atoms with Gasteiger partial charge >= 0.3 is 0 Å². The minimum Gasteiger partial charge on any atom is -0.317 e. The number of hydrogen-bond donors (Lipinski definition) is 1. The topological polar surface area (TPSA) is 49.4 Å². The molecule has 0 aromatic heterocycles. The Hall–Kier alpha value is -0.910. The quantitative estimate of drug-likeness (QED) is 0.930. The van der Waals surface area contributed by atoms with Gasteiger partial charge < -0.3 is 5.32 Å². The van der Waals surface area contributed by atoms with Crippen molar-refractivity contribution in [2.45, 2.75) is 49.5 Å². The van der Waals surface area contributed by atoms with Gasteiger partial charge in [0.15, 0.2) is 0 Å². The molecule has 1 atom stereocenters. The highest BCUT2D eigenvalue weighted by molar-refractivity contribution is 7.89.